The fourth-order valence-corrected chi connectivity index (χ4v) is 4.09. The second-order valence-electron chi connectivity index (χ2n) is 8.31. The van der Waals surface area contributed by atoms with E-state index in [4.69, 9.17) is 9.47 Å². The Labute approximate surface area is 176 Å². The van der Waals surface area contributed by atoms with Crippen LogP contribution < -0.4 is 9.47 Å². The van der Waals surface area contributed by atoms with Gasteiger partial charge in [-0.15, -0.1) is 10.2 Å². The Kier molecular flexibility index (Phi) is 4.79. The molecule has 9 heteroatoms. The number of ether oxygens (including phenoxy) is 2. The first-order valence-corrected chi connectivity index (χ1v) is 10.2. The van der Waals surface area contributed by atoms with E-state index in [0.717, 1.165) is 24.8 Å². The molecule has 2 aliphatic rings. The van der Waals surface area contributed by atoms with Gasteiger partial charge in [-0.05, 0) is 48.8 Å². The van der Waals surface area contributed by atoms with Crippen LogP contribution >= 0.6 is 0 Å². The molecule has 0 amide bonds. The Hall–Kier alpha value is -2.84. The van der Waals surface area contributed by atoms with Crippen LogP contribution in [0.5, 0.6) is 11.5 Å². The molecule has 0 bridgehead atoms. The summed E-state index contributed by atoms with van der Waals surface area (Å²) in [5, 5.41) is 7.81. The zero-order chi connectivity index (χ0) is 21.8. The summed E-state index contributed by atoms with van der Waals surface area (Å²) in [7, 11) is 1.47. The van der Waals surface area contributed by atoms with Crippen molar-refractivity contribution in [3.63, 3.8) is 0 Å². The molecule has 0 aliphatic heterocycles. The molecule has 164 valence electrons. The van der Waals surface area contributed by atoms with E-state index in [-0.39, 0.29) is 29.8 Å². The maximum absolute atomic E-state index is 13.9. The van der Waals surface area contributed by atoms with Crippen molar-refractivity contribution in [2.75, 3.05) is 13.7 Å². The monoisotopic (exact) mass is 435 g/mol. The highest BCUT2D eigenvalue weighted by molar-refractivity contribution is 5.57. The topological polar surface area (TPSA) is 48.7 Å². The highest BCUT2D eigenvalue weighted by Crippen LogP contribution is 2.51. The van der Waals surface area contributed by atoms with Crippen LogP contribution in [-0.2, 0) is 12.6 Å². The van der Waals surface area contributed by atoms with Gasteiger partial charge in [-0.2, -0.15) is 13.2 Å². The molecule has 3 aromatic rings. The van der Waals surface area contributed by atoms with Crippen molar-refractivity contribution in [2.45, 2.75) is 37.8 Å². The van der Waals surface area contributed by atoms with Gasteiger partial charge < -0.3 is 9.47 Å². The molecule has 0 N–H and O–H groups in total. The highest BCUT2D eigenvalue weighted by Gasteiger charge is 2.43. The molecule has 2 fully saturated rings. The van der Waals surface area contributed by atoms with Gasteiger partial charge in [0.15, 0.2) is 5.65 Å². The minimum Gasteiger partial charge on any atom is -0.496 e. The van der Waals surface area contributed by atoms with E-state index in [0.29, 0.717) is 23.9 Å². The summed E-state index contributed by atoms with van der Waals surface area (Å²) in [6.45, 7) is 0.119. The van der Waals surface area contributed by atoms with Crippen molar-refractivity contribution in [1.82, 2.24) is 14.6 Å². The van der Waals surface area contributed by atoms with Gasteiger partial charge in [-0.3, -0.25) is 4.40 Å². The third-order valence-electron chi connectivity index (χ3n) is 6.03. The Morgan fingerprint density at radius 3 is 2.65 bits per heavy atom. The van der Waals surface area contributed by atoms with Crippen LogP contribution in [0.4, 0.5) is 17.6 Å². The van der Waals surface area contributed by atoms with Gasteiger partial charge in [0.2, 0.25) is 0 Å². The van der Waals surface area contributed by atoms with E-state index in [2.05, 4.69) is 10.2 Å². The summed E-state index contributed by atoms with van der Waals surface area (Å²) in [6.07, 6.45) is 0.438. The Bertz CT molecular complexity index is 1120. The number of benzene rings is 1. The molecule has 2 atom stereocenters. The van der Waals surface area contributed by atoms with Gasteiger partial charge in [-0.25, -0.2) is 4.39 Å². The number of pyridine rings is 1. The van der Waals surface area contributed by atoms with Crippen LogP contribution in [0.3, 0.4) is 0 Å². The number of hydrogen-bond donors (Lipinski definition) is 0. The van der Waals surface area contributed by atoms with Gasteiger partial charge in [0.1, 0.15) is 28.7 Å². The molecule has 2 aliphatic carbocycles. The normalized spacial score (nSPS) is 20.8. The van der Waals surface area contributed by atoms with Gasteiger partial charge in [-0.1, -0.05) is 6.07 Å². The fraction of sp³-hybridized carbons (Fsp3) is 0.455. The van der Waals surface area contributed by atoms with Crippen LogP contribution in [0, 0.1) is 17.7 Å². The molecule has 0 saturated heterocycles. The van der Waals surface area contributed by atoms with E-state index < -0.39 is 17.6 Å². The number of methoxy groups -OCH3 is 1. The summed E-state index contributed by atoms with van der Waals surface area (Å²) in [5.41, 5.74) is -0.291. The number of fused-ring (bicyclic) bond motifs is 1. The standard InChI is InChI=1S/C22H21F4N3O2/c1-30-18-10-14(23)4-5-15(18)16-9-13(16)11-31-17-6-7-29-19(8-12-2-3-12)27-28-21(29)20(17)22(24,25)26/h4-7,10,12-13,16H,2-3,8-9,11H2,1H3/t13-,16+/m1/s1. The number of hydrogen-bond acceptors (Lipinski definition) is 4. The van der Waals surface area contributed by atoms with Crippen molar-refractivity contribution in [3.8, 4) is 11.5 Å². The first-order valence-electron chi connectivity index (χ1n) is 10.2. The van der Waals surface area contributed by atoms with E-state index in [1.807, 2.05) is 0 Å². The van der Waals surface area contributed by atoms with Gasteiger partial charge in [0.25, 0.3) is 0 Å². The minimum atomic E-state index is -4.62. The highest BCUT2D eigenvalue weighted by atomic mass is 19.4. The zero-order valence-corrected chi connectivity index (χ0v) is 16.8. The quantitative estimate of drug-likeness (QED) is 0.489. The van der Waals surface area contributed by atoms with Gasteiger partial charge in [0.05, 0.1) is 13.7 Å². The minimum absolute atomic E-state index is 0.0277. The summed E-state index contributed by atoms with van der Waals surface area (Å²) < 4.78 is 67.3. The summed E-state index contributed by atoms with van der Waals surface area (Å²) >= 11 is 0. The first-order chi connectivity index (χ1) is 14.8. The molecule has 0 spiro atoms. The third-order valence-corrected chi connectivity index (χ3v) is 6.03. The largest absolute Gasteiger partial charge is 0.496 e. The molecule has 0 unspecified atom stereocenters. The van der Waals surface area contributed by atoms with E-state index in [1.165, 1.54) is 29.7 Å². The summed E-state index contributed by atoms with van der Waals surface area (Å²) in [4.78, 5) is 0. The van der Waals surface area contributed by atoms with Crippen molar-refractivity contribution < 1.29 is 27.0 Å². The lowest BCUT2D eigenvalue weighted by atomic mass is 10.1. The van der Waals surface area contributed by atoms with Crippen molar-refractivity contribution in [3.05, 3.63) is 53.2 Å². The molecule has 1 aromatic carbocycles. The zero-order valence-electron chi connectivity index (χ0n) is 16.8. The molecular formula is C22H21F4N3O2. The first kappa shape index (κ1) is 20.1. The molecule has 5 nitrogen and oxygen atoms in total. The Morgan fingerprint density at radius 1 is 1.13 bits per heavy atom. The van der Waals surface area contributed by atoms with Crippen LogP contribution in [0.1, 0.15) is 42.1 Å². The maximum atomic E-state index is 13.9. The van der Waals surface area contributed by atoms with Crippen molar-refractivity contribution in [1.29, 1.82) is 0 Å². The third kappa shape index (κ3) is 3.93. The van der Waals surface area contributed by atoms with Crippen LogP contribution in [0.2, 0.25) is 0 Å². The van der Waals surface area contributed by atoms with Gasteiger partial charge in [0, 0.05) is 24.6 Å². The lowest BCUT2D eigenvalue weighted by Crippen LogP contribution is -2.13. The van der Waals surface area contributed by atoms with Crippen LogP contribution in [-0.4, -0.2) is 28.3 Å². The molecule has 2 heterocycles. The van der Waals surface area contributed by atoms with Crippen molar-refractivity contribution in [2.24, 2.45) is 11.8 Å². The predicted molar refractivity (Wildman–Crippen MR) is 104 cm³/mol. The molecule has 0 radical (unpaired) electrons. The van der Waals surface area contributed by atoms with E-state index in [1.54, 1.807) is 12.3 Å². The molecular weight excluding hydrogens is 414 g/mol. The lowest BCUT2D eigenvalue weighted by Gasteiger charge is -2.15. The van der Waals surface area contributed by atoms with Crippen LogP contribution in [0.15, 0.2) is 30.5 Å². The number of aromatic nitrogens is 3. The number of halogens is 4. The maximum Gasteiger partial charge on any atom is 0.423 e. The lowest BCUT2D eigenvalue weighted by molar-refractivity contribution is -0.138. The molecule has 2 saturated carbocycles. The summed E-state index contributed by atoms with van der Waals surface area (Å²) in [5.74, 6) is 0.908. The molecule has 2 aromatic heterocycles. The van der Waals surface area contributed by atoms with Crippen molar-refractivity contribution >= 4 is 5.65 Å². The molecule has 31 heavy (non-hydrogen) atoms. The number of nitrogens with zero attached hydrogens (tertiary/aromatic N) is 3. The SMILES string of the molecule is COc1cc(F)ccc1[C@H]1C[C@@H]1COc1ccn2c(CC3CC3)nnc2c1C(F)(F)F. The second-order valence-corrected chi connectivity index (χ2v) is 8.31. The number of alkyl halides is 3. The van der Waals surface area contributed by atoms with Crippen LogP contribution in [0.25, 0.3) is 5.65 Å². The molecule has 5 rings (SSSR count). The van der Waals surface area contributed by atoms with E-state index in [9.17, 15) is 17.6 Å². The van der Waals surface area contributed by atoms with E-state index >= 15 is 0 Å². The number of rotatable bonds is 7. The second kappa shape index (κ2) is 7.39. The predicted octanol–water partition coefficient (Wildman–Crippen LogP) is 5.03. The summed E-state index contributed by atoms with van der Waals surface area (Å²) in [6, 6.07) is 5.66. The average molecular weight is 435 g/mol. The fourth-order valence-electron chi connectivity index (χ4n) is 4.09. The van der Waals surface area contributed by atoms with Gasteiger partial charge >= 0.3 is 6.18 Å². The smallest absolute Gasteiger partial charge is 0.423 e. The Morgan fingerprint density at radius 2 is 1.94 bits per heavy atom. The average Bonchev–Trinajstić information content (AvgIpc) is 3.64. The Balaban J connectivity index is 1.36.